The lowest BCUT2D eigenvalue weighted by atomic mass is 10.1. The van der Waals surface area contributed by atoms with Crippen LogP contribution in [0, 0.1) is 0 Å². The molecule has 0 aliphatic rings. The van der Waals surface area contributed by atoms with Crippen molar-refractivity contribution < 1.29 is 8.42 Å². The monoisotopic (exact) mass is 369 g/mol. The van der Waals surface area contributed by atoms with Gasteiger partial charge in [0.15, 0.2) is 0 Å². The van der Waals surface area contributed by atoms with E-state index in [2.05, 4.69) is 36.6 Å². The van der Waals surface area contributed by atoms with E-state index in [-0.39, 0.29) is 10.7 Å². The van der Waals surface area contributed by atoms with Gasteiger partial charge in [0, 0.05) is 10.5 Å². The van der Waals surface area contributed by atoms with Gasteiger partial charge in [-0.3, -0.25) is 0 Å². The van der Waals surface area contributed by atoms with Crippen molar-refractivity contribution in [1.82, 2.24) is 4.72 Å². The third kappa shape index (κ3) is 4.95. The molecule has 90 valence electrons. The van der Waals surface area contributed by atoms with Crippen LogP contribution in [-0.2, 0) is 16.4 Å². The molecule has 1 rings (SSSR count). The minimum absolute atomic E-state index is 0.0648. The predicted molar refractivity (Wildman–Crippen MR) is 73.2 cm³/mol. The van der Waals surface area contributed by atoms with Crippen LogP contribution in [0.15, 0.2) is 28.7 Å². The number of benzene rings is 1. The quantitative estimate of drug-likeness (QED) is 0.810. The van der Waals surface area contributed by atoms with E-state index < -0.39 is 10.0 Å². The SMILES string of the molecule is CC(Cc1ccc(Br)cc1)NS(=O)(=O)CBr. The number of rotatable bonds is 5. The fourth-order valence-corrected chi connectivity index (χ4v) is 2.77. The molecule has 0 saturated carbocycles. The van der Waals surface area contributed by atoms with Gasteiger partial charge in [-0.1, -0.05) is 44.0 Å². The number of halogens is 2. The van der Waals surface area contributed by atoms with Crippen molar-refractivity contribution in [3.05, 3.63) is 34.3 Å². The molecule has 0 amide bonds. The van der Waals surface area contributed by atoms with E-state index in [1.54, 1.807) is 0 Å². The first-order chi connectivity index (χ1) is 7.43. The Labute approximate surface area is 113 Å². The Bertz CT molecular complexity index is 431. The molecule has 0 bridgehead atoms. The summed E-state index contributed by atoms with van der Waals surface area (Å²) in [4.78, 5) is 0. The van der Waals surface area contributed by atoms with Gasteiger partial charge in [-0.2, -0.15) is 0 Å². The van der Waals surface area contributed by atoms with Crippen LogP contribution in [-0.4, -0.2) is 19.1 Å². The Morgan fingerprint density at radius 2 is 1.88 bits per heavy atom. The Kier molecular flexibility index (Phi) is 5.43. The first-order valence-corrected chi connectivity index (χ1v) is 8.30. The number of nitrogens with one attached hydrogen (secondary N) is 1. The maximum atomic E-state index is 11.3. The molecule has 6 heteroatoms. The van der Waals surface area contributed by atoms with E-state index in [9.17, 15) is 8.42 Å². The smallest absolute Gasteiger partial charge is 0.212 e. The van der Waals surface area contributed by atoms with Gasteiger partial charge in [0.25, 0.3) is 0 Å². The highest BCUT2D eigenvalue weighted by molar-refractivity contribution is 9.10. The summed E-state index contributed by atoms with van der Waals surface area (Å²) < 4.78 is 26.1. The molecule has 0 heterocycles. The van der Waals surface area contributed by atoms with Crippen molar-refractivity contribution in [3.63, 3.8) is 0 Å². The van der Waals surface area contributed by atoms with Crippen LogP contribution in [0.4, 0.5) is 0 Å². The molecule has 0 aromatic heterocycles. The minimum Gasteiger partial charge on any atom is -0.212 e. The van der Waals surface area contributed by atoms with Gasteiger partial charge >= 0.3 is 0 Å². The molecule has 1 N–H and O–H groups in total. The van der Waals surface area contributed by atoms with Crippen molar-refractivity contribution in [1.29, 1.82) is 0 Å². The summed E-state index contributed by atoms with van der Waals surface area (Å²) in [6.45, 7) is 1.85. The van der Waals surface area contributed by atoms with Gasteiger partial charge in [0.2, 0.25) is 10.0 Å². The fourth-order valence-electron chi connectivity index (χ4n) is 1.35. The highest BCUT2D eigenvalue weighted by Crippen LogP contribution is 2.12. The normalized spacial score (nSPS) is 13.7. The number of sulfonamides is 1. The summed E-state index contributed by atoms with van der Waals surface area (Å²) in [5.41, 5.74) is 1.10. The average molecular weight is 371 g/mol. The molecule has 0 spiro atoms. The van der Waals surface area contributed by atoms with Gasteiger partial charge < -0.3 is 0 Å². The zero-order valence-corrected chi connectivity index (χ0v) is 12.8. The van der Waals surface area contributed by atoms with Crippen LogP contribution < -0.4 is 4.72 Å². The lowest BCUT2D eigenvalue weighted by molar-refractivity contribution is 0.565. The Balaban J connectivity index is 2.58. The summed E-state index contributed by atoms with van der Waals surface area (Å²) in [6.07, 6.45) is 0.680. The van der Waals surface area contributed by atoms with Crippen molar-refractivity contribution in [2.45, 2.75) is 19.4 Å². The van der Waals surface area contributed by atoms with E-state index in [1.165, 1.54) is 0 Å². The van der Waals surface area contributed by atoms with E-state index in [0.717, 1.165) is 10.0 Å². The summed E-state index contributed by atoms with van der Waals surface area (Å²) in [5, 5.41) is 0. The molecule has 3 nitrogen and oxygen atoms in total. The van der Waals surface area contributed by atoms with E-state index in [4.69, 9.17) is 0 Å². The summed E-state index contributed by atoms with van der Waals surface area (Å²) in [7, 11) is -3.19. The van der Waals surface area contributed by atoms with Crippen LogP contribution in [0.1, 0.15) is 12.5 Å². The fraction of sp³-hybridized carbons (Fsp3) is 0.400. The Morgan fingerprint density at radius 3 is 2.38 bits per heavy atom. The highest BCUT2D eigenvalue weighted by atomic mass is 79.9. The largest absolute Gasteiger partial charge is 0.221 e. The van der Waals surface area contributed by atoms with E-state index in [1.807, 2.05) is 31.2 Å². The second-order valence-electron chi connectivity index (χ2n) is 3.57. The molecule has 1 aromatic rings. The zero-order chi connectivity index (χ0) is 12.2. The van der Waals surface area contributed by atoms with Crippen LogP contribution in [0.25, 0.3) is 0 Å². The zero-order valence-electron chi connectivity index (χ0n) is 8.78. The molecular weight excluding hydrogens is 358 g/mol. The van der Waals surface area contributed by atoms with Gasteiger partial charge in [-0.25, -0.2) is 13.1 Å². The van der Waals surface area contributed by atoms with Crippen molar-refractivity contribution in [2.24, 2.45) is 0 Å². The molecule has 1 unspecified atom stereocenters. The standard InChI is InChI=1S/C10H13Br2NO2S/c1-8(13-16(14,15)7-11)6-9-2-4-10(12)5-3-9/h2-5,8,13H,6-7H2,1H3. The summed E-state index contributed by atoms with van der Waals surface area (Å²) >= 11 is 6.29. The van der Waals surface area contributed by atoms with Gasteiger partial charge in [-0.05, 0) is 31.0 Å². The summed E-state index contributed by atoms with van der Waals surface area (Å²) in [6, 6.07) is 7.73. The minimum atomic E-state index is -3.19. The van der Waals surface area contributed by atoms with Crippen LogP contribution in [0.2, 0.25) is 0 Å². The maximum Gasteiger partial charge on any atom is 0.221 e. The second kappa shape index (κ2) is 6.14. The van der Waals surface area contributed by atoms with Crippen LogP contribution >= 0.6 is 31.9 Å². The van der Waals surface area contributed by atoms with Crippen molar-refractivity contribution >= 4 is 41.9 Å². The first-order valence-electron chi connectivity index (χ1n) is 4.73. The van der Waals surface area contributed by atoms with E-state index in [0.29, 0.717) is 6.42 Å². The van der Waals surface area contributed by atoms with Gasteiger partial charge in [0.1, 0.15) is 4.66 Å². The molecule has 1 aromatic carbocycles. The van der Waals surface area contributed by atoms with Crippen molar-refractivity contribution in [2.75, 3.05) is 4.66 Å². The summed E-state index contributed by atoms with van der Waals surface area (Å²) in [5.74, 6) is 0. The molecule has 16 heavy (non-hydrogen) atoms. The van der Waals surface area contributed by atoms with Gasteiger partial charge in [-0.15, -0.1) is 0 Å². The van der Waals surface area contributed by atoms with E-state index >= 15 is 0 Å². The Morgan fingerprint density at radius 1 is 1.31 bits per heavy atom. The van der Waals surface area contributed by atoms with Crippen molar-refractivity contribution in [3.8, 4) is 0 Å². The molecule has 0 fully saturated rings. The third-order valence-corrected chi connectivity index (χ3v) is 5.37. The van der Waals surface area contributed by atoms with Crippen LogP contribution in [0.5, 0.6) is 0 Å². The molecule has 0 radical (unpaired) electrons. The first kappa shape index (κ1) is 14.2. The molecule has 1 atom stereocenters. The second-order valence-corrected chi connectivity index (χ2v) is 7.55. The molecule has 0 aliphatic carbocycles. The third-order valence-electron chi connectivity index (χ3n) is 1.98. The molecule has 0 aliphatic heterocycles. The lowest BCUT2D eigenvalue weighted by Gasteiger charge is -2.12. The number of hydrogen-bond donors (Lipinski definition) is 1. The molecular formula is C10H13Br2NO2S. The average Bonchev–Trinajstić information content (AvgIpc) is 2.21. The predicted octanol–water partition coefficient (Wildman–Crippen LogP) is 2.65. The topological polar surface area (TPSA) is 46.2 Å². The van der Waals surface area contributed by atoms with Gasteiger partial charge in [0.05, 0.1) is 0 Å². The number of alkyl halides is 1. The highest BCUT2D eigenvalue weighted by Gasteiger charge is 2.12. The van der Waals surface area contributed by atoms with Crippen LogP contribution in [0.3, 0.4) is 0 Å². The lowest BCUT2D eigenvalue weighted by Crippen LogP contribution is -2.34. The maximum absolute atomic E-state index is 11.3. The Hall–Kier alpha value is 0.0900. The number of hydrogen-bond acceptors (Lipinski definition) is 2. The molecule has 0 saturated heterocycles.